The number of non-ortho nitro benzene ring substituents is 1. The lowest BCUT2D eigenvalue weighted by atomic mass is 10.2. The molecule has 0 saturated carbocycles. The molecule has 2 aromatic heterocycles. The molecule has 0 spiro atoms. The fourth-order valence-electron chi connectivity index (χ4n) is 1.92. The van der Waals surface area contributed by atoms with Gasteiger partial charge in [-0.25, -0.2) is 4.98 Å². The highest BCUT2D eigenvalue weighted by molar-refractivity contribution is 5.79. The lowest BCUT2D eigenvalue weighted by molar-refractivity contribution is -0.384. The Morgan fingerprint density at radius 3 is 2.90 bits per heavy atom. The number of fused-ring (bicyclic) bond motifs is 1. The third-order valence-corrected chi connectivity index (χ3v) is 2.89. The van der Waals surface area contributed by atoms with Gasteiger partial charge in [0, 0.05) is 12.1 Å². The molecule has 3 rings (SSSR count). The molecule has 0 amide bonds. The van der Waals surface area contributed by atoms with Crippen LogP contribution in [0.15, 0.2) is 33.8 Å². The molecule has 0 aliphatic rings. The van der Waals surface area contributed by atoms with Crippen molar-refractivity contribution >= 4 is 16.6 Å². The molecule has 0 aliphatic carbocycles. The summed E-state index contributed by atoms with van der Waals surface area (Å²) >= 11 is 0. The normalized spacial score (nSPS) is 10.9. The largest absolute Gasteiger partial charge is 0.337 e. The standard InChI is InChI=1S/C12H9N5O4/c1-7-14-11(21-15-7)5-16-6-13-10-3-2-8(17(19)20)4-9(10)12(16)18/h2-4,6H,5H2,1H3. The smallest absolute Gasteiger partial charge is 0.270 e. The molecule has 0 bridgehead atoms. The minimum Gasteiger partial charge on any atom is -0.337 e. The third kappa shape index (κ3) is 2.36. The number of aromatic nitrogens is 4. The number of hydrogen-bond acceptors (Lipinski definition) is 7. The van der Waals surface area contributed by atoms with Gasteiger partial charge in [0.2, 0.25) is 5.89 Å². The zero-order valence-corrected chi connectivity index (χ0v) is 10.9. The molecule has 1 aromatic carbocycles. The molecule has 0 N–H and O–H groups in total. The number of rotatable bonds is 3. The van der Waals surface area contributed by atoms with E-state index in [2.05, 4.69) is 15.1 Å². The Morgan fingerprint density at radius 1 is 1.43 bits per heavy atom. The van der Waals surface area contributed by atoms with Crippen LogP contribution < -0.4 is 5.56 Å². The van der Waals surface area contributed by atoms with Crippen molar-refractivity contribution in [1.29, 1.82) is 0 Å². The van der Waals surface area contributed by atoms with Crippen LogP contribution in [0.3, 0.4) is 0 Å². The molecule has 0 saturated heterocycles. The Morgan fingerprint density at radius 2 is 2.24 bits per heavy atom. The topological polar surface area (TPSA) is 117 Å². The minimum absolute atomic E-state index is 0.0608. The van der Waals surface area contributed by atoms with Crippen molar-refractivity contribution in [3.05, 3.63) is 56.7 Å². The minimum atomic E-state index is -0.558. The van der Waals surface area contributed by atoms with Crippen molar-refractivity contribution in [2.45, 2.75) is 13.5 Å². The zero-order chi connectivity index (χ0) is 15.0. The van der Waals surface area contributed by atoms with Gasteiger partial charge in [-0.15, -0.1) is 0 Å². The zero-order valence-electron chi connectivity index (χ0n) is 10.9. The van der Waals surface area contributed by atoms with Gasteiger partial charge in [-0.2, -0.15) is 4.98 Å². The molecule has 2 heterocycles. The molecule has 0 atom stereocenters. The molecule has 0 fully saturated rings. The van der Waals surface area contributed by atoms with E-state index >= 15 is 0 Å². The molecule has 0 unspecified atom stereocenters. The van der Waals surface area contributed by atoms with Gasteiger partial charge in [0.25, 0.3) is 11.2 Å². The van der Waals surface area contributed by atoms with E-state index < -0.39 is 10.5 Å². The molecule has 9 heteroatoms. The van der Waals surface area contributed by atoms with E-state index in [1.54, 1.807) is 6.92 Å². The molecule has 3 aromatic rings. The van der Waals surface area contributed by atoms with Crippen molar-refractivity contribution < 1.29 is 9.45 Å². The van der Waals surface area contributed by atoms with Crippen molar-refractivity contribution in [3.8, 4) is 0 Å². The van der Waals surface area contributed by atoms with Gasteiger partial charge in [-0.05, 0) is 13.0 Å². The van der Waals surface area contributed by atoms with E-state index in [0.29, 0.717) is 11.3 Å². The predicted octanol–water partition coefficient (Wildman–Crippen LogP) is 1.04. The summed E-state index contributed by atoms with van der Waals surface area (Å²) in [6.07, 6.45) is 1.34. The Hall–Kier alpha value is -3.10. The number of nitro groups is 1. The number of benzene rings is 1. The van der Waals surface area contributed by atoms with Crippen molar-refractivity contribution in [2.24, 2.45) is 0 Å². The maximum absolute atomic E-state index is 12.3. The maximum atomic E-state index is 12.3. The Bertz CT molecular complexity index is 898. The van der Waals surface area contributed by atoms with Gasteiger partial charge >= 0.3 is 0 Å². The van der Waals surface area contributed by atoms with Crippen LogP contribution in [0, 0.1) is 17.0 Å². The van der Waals surface area contributed by atoms with Gasteiger partial charge in [-0.1, -0.05) is 5.16 Å². The molecule has 21 heavy (non-hydrogen) atoms. The first-order valence-electron chi connectivity index (χ1n) is 5.97. The van der Waals surface area contributed by atoms with Crippen LogP contribution in [0.1, 0.15) is 11.7 Å². The van der Waals surface area contributed by atoms with Crippen LogP contribution in [-0.2, 0) is 6.54 Å². The van der Waals surface area contributed by atoms with Gasteiger partial charge in [0.05, 0.1) is 22.2 Å². The van der Waals surface area contributed by atoms with Crippen molar-refractivity contribution in [2.75, 3.05) is 0 Å². The van der Waals surface area contributed by atoms with E-state index in [-0.39, 0.29) is 23.5 Å². The van der Waals surface area contributed by atoms with Crippen LogP contribution in [0.5, 0.6) is 0 Å². The first kappa shape index (κ1) is 12.9. The maximum Gasteiger partial charge on any atom is 0.270 e. The van der Waals surface area contributed by atoms with Crippen LogP contribution >= 0.6 is 0 Å². The Balaban J connectivity index is 2.10. The molecular weight excluding hydrogens is 278 g/mol. The average Bonchev–Trinajstić information content (AvgIpc) is 2.87. The highest BCUT2D eigenvalue weighted by atomic mass is 16.6. The van der Waals surface area contributed by atoms with E-state index in [0.717, 1.165) is 0 Å². The highest BCUT2D eigenvalue weighted by Crippen LogP contribution is 2.16. The van der Waals surface area contributed by atoms with Gasteiger partial charge in [0.15, 0.2) is 5.82 Å². The highest BCUT2D eigenvalue weighted by Gasteiger charge is 2.12. The molecule has 9 nitrogen and oxygen atoms in total. The van der Waals surface area contributed by atoms with E-state index in [1.807, 2.05) is 0 Å². The summed E-state index contributed by atoms with van der Waals surface area (Å²) in [5.41, 5.74) is -0.170. The second kappa shape index (κ2) is 4.78. The number of aryl methyl sites for hydroxylation is 1. The Labute approximate surface area is 117 Å². The average molecular weight is 287 g/mol. The quantitative estimate of drug-likeness (QED) is 0.521. The first-order chi connectivity index (χ1) is 10.0. The molecule has 0 radical (unpaired) electrons. The van der Waals surface area contributed by atoms with Gasteiger partial charge < -0.3 is 4.52 Å². The SMILES string of the molecule is Cc1noc(Cn2cnc3ccc([N+](=O)[O-])cc3c2=O)n1. The van der Waals surface area contributed by atoms with Crippen molar-refractivity contribution in [3.63, 3.8) is 0 Å². The predicted molar refractivity (Wildman–Crippen MR) is 70.8 cm³/mol. The first-order valence-corrected chi connectivity index (χ1v) is 5.97. The summed E-state index contributed by atoms with van der Waals surface area (Å²) in [6, 6.07) is 3.96. The monoisotopic (exact) mass is 287 g/mol. The summed E-state index contributed by atoms with van der Waals surface area (Å²) in [6.45, 7) is 1.73. The van der Waals surface area contributed by atoms with Crippen LogP contribution in [0.2, 0.25) is 0 Å². The molecule has 106 valence electrons. The van der Waals surface area contributed by atoms with E-state index in [9.17, 15) is 14.9 Å². The summed E-state index contributed by atoms with van der Waals surface area (Å²) in [5.74, 6) is 0.726. The third-order valence-electron chi connectivity index (χ3n) is 2.89. The van der Waals surface area contributed by atoms with E-state index in [4.69, 9.17) is 4.52 Å². The summed E-state index contributed by atoms with van der Waals surface area (Å²) in [7, 11) is 0. The van der Waals surface area contributed by atoms with Crippen LogP contribution in [0.4, 0.5) is 5.69 Å². The lowest BCUT2D eigenvalue weighted by Gasteiger charge is -2.03. The Kier molecular flexibility index (Phi) is 2.94. The van der Waals surface area contributed by atoms with Gasteiger partial charge in [-0.3, -0.25) is 19.5 Å². The summed E-state index contributed by atoms with van der Waals surface area (Å²) in [4.78, 5) is 30.6. The molecular formula is C12H9N5O4. The fraction of sp³-hybridized carbons (Fsp3) is 0.167. The summed E-state index contributed by atoms with van der Waals surface area (Å²) in [5, 5.41) is 14.6. The number of nitrogens with zero attached hydrogens (tertiary/aromatic N) is 5. The number of hydrogen-bond donors (Lipinski definition) is 0. The van der Waals surface area contributed by atoms with Crippen molar-refractivity contribution in [1.82, 2.24) is 19.7 Å². The summed E-state index contributed by atoms with van der Waals surface area (Å²) < 4.78 is 6.20. The van der Waals surface area contributed by atoms with Crippen LogP contribution in [-0.4, -0.2) is 24.6 Å². The van der Waals surface area contributed by atoms with E-state index in [1.165, 1.54) is 29.1 Å². The second-order valence-electron chi connectivity index (χ2n) is 4.37. The second-order valence-corrected chi connectivity index (χ2v) is 4.37. The fourth-order valence-corrected chi connectivity index (χ4v) is 1.92. The molecule has 0 aliphatic heterocycles. The van der Waals surface area contributed by atoms with Gasteiger partial charge in [0.1, 0.15) is 6.54 Å². The number of nitro benzene ring substituents is 1. The van der Waals surface area contributed by atoms with Crippen LogP contribution in [0.25, 0.3) is 10.9 Å². The lowest BCUT2D eigenvalue weighted by Crippen LogP contribution is -2.21.